The number of halogens is 3. The molecule has 0 saturated heterocycles. The lowest BCUT2D eigenvalue weighted by atomic mass is 10.1. The van der Waals surface area contributed by atoms with Crippen molar-refractivity contribution in [2.45, 2.75) is 24.9 Å². The predicted octanol–water partition coefficient (Wildman–Crippen LogP) is 4.12. The Kier molecular flexibility index (Phi) is 4.19. The maximum absolute atomic E-state index is 12.9. The van der Waals surface area contributed by atoms with E-state index in [0.29, 0.717) is 0 Å². The first-order chi connectivity index (χ1) is 10.1. The normalized spacial score (nSPS) is 12.2. The zero-order valence-electron chi connectivity index (χ0n) is 11.9. The molecule has 2 aromatic rings. The quantitative estimate of drug-likeness (QED) is 0.920. The molecule has 118 valence electrons. The molecule has 0 saturated carbocycles. The molecule has 0 radical (unpaired) electrons. The second kappa shape index (κ2) is 5.64. The average molecular weight is 329 g/mol. The Morgan fingerprint density at radius 1 is 0.955 bits per heavy atom. The van der Waals surface area contributed by atoms with Gasteiger partial charge in [0.25, 0.3) is 10.0 Å². The van der Waals surface area contributed by atoms with Crippen molar-refractivity contribution in [1.29, 1.82) is 0 Å². The molecular weight excluding hydrogens is 315 g/mol. The molecule has 0 fully saturated rings. The average Bonchev–Trinajstić information content (AvgIpc) is 2.42. The third-order valence-electron chi connectivity index (χ3n) is 3.24. The molecule has 7 heteroatoms. The van der Waals surface area contributed by atoms with Crippen LogP contribution in [0.2, 0.25) is 0 Å². The number of hydrogen-bond donors (Lipinski definition) is 1. The molecule has 1 N–H and O–H groups in total. The fraction of sp³-hybridized carbons (Fsp3) is 0.200. The zero-order valence-corrected chi connectivity index (χ0v) is 12.7. The molecule has 0 heterocycles. The van der Waals surface area contributed by atoms with Crippen molar-refractivity contribution in [3.63, 3.8) is 0 Å². The van der Waals surface area contributed by atoms with Crippen LogP contribution in [0.1, 0.15) is 16.7 Å². The van der Waals surface area contributed by atoms with Gasteiger partial charge >= 0.3 is 6.18 Å². The van der Waals surface area contributed by atoms with Crippen molar-refractivity contribution in [3.8, 4) is 0 Å². The number of rotatable bonds is 3. The molecule has 0 bridgehead atoms. The lowest BCUT2D eigenvalue weighted by Gasteiger charge is -2.14. The molecule has 0 aliphatic rings. The maximum atomic E-state index is 12.9. The van der Waals surface area contributed by atoms with Crippen molar-refractivity contribution in [2.75, 3.05) is 4.72 Å². The first kappa shape index (κ1) is 16.4. The van der Waals surface area contributed by atoms with Gasteiger partial charge < -0.3 is 0 Å². The number of anilines is 1. The van der Waals surface area contributed by atoms with E-state index >= 15 is 0 Å². The van der Waals surface area contributed by atoms with Gasteiger partial charge in [0, 0.05) is 5.69 Å². The van der Waals surface area contributed by atoms with Gasteiger partial charge in [0.1, 0.15) is 0 Å². The third-order valence-corrected chi connectivity index (χ3v) is 4.68. The topological polar surface area (TPSA) is 46.2 Å². The minimum atomic E-state index is -4.74. The largest absolute Gasteiger partial charge is 0.417 e. The number of sulfonamides is 1. The zero-order chi connectivity index (χ0) is 16.5. The van der Waals surface area contributed by atoms with Gasteiger partial charge in [-0.15, -0.1) is 0 Å². The van der Waals surface area contributed by atoms with Crippen LogP contribution in [0.5, 0.6) is 0 Å². The van der Waals surface area contributed by atoms with E-state index in [2.05, 4.69) is 4.72 Å². The Morgan fingerprint density at radius 2 is 1.59 bits per heavy atom. The van der Waals surface area contributed by atoms with Gasteiger partial charge in [0.2, 0.25) is 0 Å². The first-order valence-electron chi connectivity index (χ1n) is 6.37. The van der Waals surface area contributed by atoms with Crippen LogP contribution in [0.3, 0.4) is 0 Å². The molecule has 3 nitrogen and oxygen atoms in total. The summed E-state index contributed by atoms with van der Waals surface area (Å²) in [6.45, 7) is 3.64. The summed E-state index contributed by atoms with van der Waals surface area (Å²) in [5.41, 5.74) is 0.828. The van der Waals surface area contributed by atoms with Crippen molar-refractivity contribution < 1.29 is 21.6 Å². The van der Waals surface area contributed by atoms with Gasteiger partial charge in [0.15, 0.2) is 0 Å². The lowest BCUT2D eigenvalue weighted by molar-refractivity contribution is -0.139. The highest BCUT2D eigenvalue weighted by Crippen LogP contribution is 2.34. The summed E-state index contributed by atoms with van der Waals surface area (Å²) in [6.07, 6.45) is -4.74. The second-order valence-corrected chi connectivity index (χ2v) is 6.55. The molecule has 0 spiro atoms. The molecule has 2 rings (SSSR count). The minimum Gasteiger partial charge on any atom is -0.280 e. The third kappa shape index (κ3) is 3.41. The van der Waals surface area contributed by atoms with Gasteiger partial charge in [-0.1, -0.05) is 18.2 Å². The Morgan fingerprint density at radius 3 is 2.18 bits per heavy atom. The first-order valence-corrected chi connectivity index (χ1v) is 7.86. The van der Waals surface area contributed by atoms with Crippen LogP contribution < -0.4 is 4.72 Å². The highest BCUT2D eigenvalue weighted by molar-refractivity contribution is 7.92. The van der Waals surface area contributed by atoms with Gasteiger partial charge in [-0.05, 0) is 49.2 Å². The van der Waals surface area contributed by atoms with Crippen molar-refractivity contribution >= 4 is 15.7 Å². The SMILES string of the molecule is Cc1ccc(NS(=O)(=O)c2ccccc2C(F)(F)F)cc1C. The van der Waals surface area contributed by atoms with E-state index in [1.807, 2.05) is 6.92 Å². The summed E-state index contributed by atoms with van der Waals surface area (Å²) in [7, 11) is -4.33. The van der Waals surface area contributed by atoms with E-state index in [0.717, 1.165) is 29.3 Å². The smallest absolute Gasteiger partial charge is 0.280 e. The predicted molar refractivity (Wildman–Crippen MR) is 78.2 cm³/mol. The number of benzene rings is 2. The fourth-order valence-corrected chi connectivity index (χ4v) is 3.23. The second-order valence-electron chi connectivity index (χ2n) is 4.90. The number of nitrogens with one attached hydrogen (secondary N) is 1. The Hall–Kier alpha value is -2.02. The van der Waals surface area contributed by atoms with Crippen LogP contribution in [-0.2, 0) is 16.2 Å². The Bertz CT molecular complexity index is 799. The Labute approximate surface area is 126 Å². The van der Waals surface area contributed by atoms with E-state index in [1.165, 1.54) is 12.1 Å². The molecule has 0 atom stereocenters. The van der Waals surface area contributed by atoms with E-state index in [1.54, 1.807) is 19.1 Å². The van der Waals surface area contributed by atoms with Crippen LogP contribution in [0.4, 0.5) is 18.9 Å². The summed E-state index contributed by atoms with van der Waals surface area (Å²) < 4.78 is 65.5. The summed E-state index contributed by atoms with van der Waals surface area (Å²) in [5.74, 6) is 0. The van der Waals surface area contributed by atoms with Crippen LogP contribution >= 0.6 is 0 Å². The van der Waals surface area contributed by atoms with Crippen molar-refractivity contribution in [1.82, 2.24) is 0 Å². The minimum absolute atomic E-state index is 0.222. The van der Waals surface area contributed by atoms with E-state index in [9.17, 15) is 21.6 Å². The summed E-state index contributed by atoms with van der Waals surface area (Å²) in [5, 5.41) is 0. The van der Waals surface area contributed by atoms with Gasteiger partial charge in [-0.3, -0.25) is 4.72 Å². The van der Waals surface area contributed by atoms with Gasteiger partial charge in [0.05, 0.1) is 10.5 Å². The van der Waals surface area contributed by atoms with E-state index in [4.69, 9.17) is 0 Å². The maximum Gasteiger partial charge on any atom is 0.417 e. The molecule has 0 amide bonds. The summed E-state index contributed by atoms with van der Waals surface area (Å²) in [4.78, 5) is -0.791. The Balaban J connectivity index is 2.45. The highest BCUT2D eigenvalue weighted by atomic mass is 32.2. The fourth-order valence-electron chi connectivity index (χ4n) is 1.95. The summed E-state index contributed by atoms with van der Waals surface area (Å²) in [6, 6.07) is 8.87. The van der Waals surface area contributed by atoms with Crippen LogP contribution in [0.15, 0.2) is 47.4 Å². The molecule has 0 aromatic heterocycles. The molecule has 0 unspecified atom stereocenters. The molecular formula is C15H14F3NO2S. The summed E-state index contributed by atoms with van der Waals surface area (Å²) >= 11 is 0. The van der Waals surface area contributed by atoms with Crippen LogP contribution in [0.25, 0.3) is 0 Å². The van der Waals surface area contributed by atoms with E-state index < -0.39 is 26.7 Å². The highest BCUT2D eigenvalue weighted by Gasteiger charge is 2.36. The lowest BCUT2D eigenvalue weighted by Crippen LogP contribution is -2.18. The molecule has 2 aromatic carbocycles. The standard InChI is InChI=1S/C15H14F3NO2S/c1-10-7-8-12(9-11(10)2)19-22(20,21)14-6-4-3-5-13(14)15(16,17)18/h3-9,19H,1-2H3. The molecule has 22 heavy (non-hydrogen) atoms. The van der Waals surface area contributed by atoms with Crippen LogP contribution in [0, 0.1) is 13.8 Å². The monoisotopic (exact) mass is 329 g/mol. The molecule has 0 aliphatic heterocycles. The number of alkyl halides is 3. The van der Waals surface area contributed by atoms with Crippen molar-refractivity contribution in [2.24, 2.45) is 0 Å². The van der Waals surface area contributed by atoms with Gasteiger partial charge in [-0.2, -0.15) is 13.2 Å². The van der Waals surface area contributed by atoms with E-state index in [-0.39, 0.29) is 5.69 Å². The van der Waals surface area contributed by atoms with Crippen LogP contribution in [-0.4, -0.2) is 8.42 Å². The number of aryl methyl sites for hydroxylation is 2. The number of hydrogen-bond acceptors (Lipinski definition) is 2. The molecule has 0 aliphatic carbocycles. The van der Waals surface area contributed by atoms with Crippen molar-refractivity contribution in [3.05, 3.63) is 59.2 Å². The van der Waals surface area contributed by atoms with Gasteiger partial charge in [-0.25, -0.2) is 8.42 Å².